The lowest BCUT2D eigenvalue weighted by Gasteiger charge is -2.07. The second kappa shape index (κ2) is 7.76. The van der Waals surface area contributed by atoms with Crippen molar-refractivity contribution in [1.82, 2.24) is 0 Å². The average molecular weight is 385 g/mol. The quantitative estimate of drug-likeness (QED) is 0.474. The van der Waals surface area contributed by atoms with Crippen LogP contribution in [0.1, 0.15) is 46.2 Å². The van der Waals surface area contributed by atoms with Crippen molar-refractivity contribution in [1.29, 1.82) is 0 Å². The van der Waals surface area contributed by atoms with Crippen LogP contribution in [0, 0.1) is 0 Å². The van der Waals surface area contributed by atoms with E-state index in [4.69, 9.17) is 20.8 Å². The predicted octanol–water partition coefficient (Wildman–Crippen LogP) is 4.61. The number of ketones is 1. The molecule has 0 aliphatic carbocycles. The van der Waals surface area contributed by atoms with E-state index in [1.54, 1.807) is 18.2 Å². The van der Waals surface area contributed by atoms with Gasteiger partial charge < -0.3 is 9.15 Å². The Morgan fingerprint density at radius 3 is 2.44 bits per heavy atom. The van der Waals surface area contributed by atoms with E-state index in [-0.39, 0.29) is 22.5 Å². The van der Waals surface area contributed by atoms with E-state index in [1.807, 2.05) is 12.1 Å². The topological polar surface area (TPSA) is 73.6 Å². The molecule has 3 rings (SSSR count). The van der Waals surface area contributed by atoms with Crippen LogP contribution >= 0.6 is 11.6 Å². The highest BCUT2D eigenvalue weighted by atomic mass is 35.5. The SMILES string of the molecule is CC(C)c1ccc(C(=O)COC(=O)c2cc(=O)c3cc(Cl)ccc3o2)cc1. The van der Waals surface area contributed by atoms with Gasteiger partial charge in [-0.3, -0.25) is 9.59 Å². The van der Waals surface area contributed by atoms with Crippen LogP contribution in [-0.2, 0) is 4.74 Å². The monoisotopic (exact) mass is 384 g/mol. The second-order valence-electron chi connectivity index (χ2n) is 6.39. The summed E-state index contributed by atoms with van der Waals surface area (Å²) in [4.78, 5) is 36.5. The van der Waals surface area contributed by atoms with Crippen molar-refractivity contribution in [3.8, 4) is 0 Å². The van der Waals surface area contributed by atoms with E-state index in [9.17, 15) is 14.4 Å². The maximum absolute atomic E-state index is 12.2. The van der Waals surface area contributed by atoms with Crippen LogP contribution in [0.3, 0.4) is 0 Å². The second-order valence-corrected chi connectivity index (χ2v) is 6.83. The molecule has 0 amide bonds. The molecule has 27 heavy (non-hydrogen) atoms. The zero-order chi connectivity index (χ0) is 19.6. The van der Waals surface area contributed by atoms with E-state index in [2.05, 4.69) is 13.8 Å². The first kappa shape index (κ1) is 18.9. The van der Waals surface area contributed by atoms with Gasteiger partial charge in [0.2, 0.25) is 5.76 Å². The number of esters is 1. The van der Waals surface area contributed by atoms with Crippen LogP contribution in [0.5, 0.6) is 0 Å². The van der Waals surface area contributed by atoms with Crippen molar-refractivity contribution in [3.63, 3.8) is 0 Å². The highest BCUT2D eigenvalue weighted by Gasteiger charge is 2.16. The number of carbonyl (C=O) groups is 2. The number of carbonyl (C=O) groups excluding carboxylic acids is 2. The van der Waals surface area contributed by atoms with E-state index in [1.165, 1.54) is 12.1 Å². The van der Waals surface area contributed by atoms with Gasteiger partial charge in [0.25, 0.3) is 0 Å². The van der Waals surface area contributed by atoms with E-state index in [0.29, 0.717) is 16.5 Å². The van der Waals surface area contributed by atoms with Crippen LogP contribution < -0.4 is 5.43 Å². The molecule has 2 aromatic carbocycles. The summed E-state index contributed by atoms with van der Waals surface area (Å²) in [5.74, 6) is -1.12. The van der Waals surface area contributed by atoms with Crippen molar-refractivity contribution < 1.29 is 18.7 Å². The summed E-state index contributed by atoms with van der Waals surface area (Å²) in [7, 11) is 0. The lowest BCUT2D eigenvalue weighted by atomic mass is 10.0. The van der Waals surface area contributed by atoms with E-state index >= 15 is 0 Å². The van der Waals surface area contributed by atoms with Gasteiger partial charge in [-0.2, -0.15) is 0 Å². The van der Waals surface area contributed by atoms with Crippen molar-refractivity contribution in [2.75, 3.05) is 6.61 Å². The maximum Gasteiger partial charge on any atom is 0.374 e. The molecule has 0 atom stereocenters. The molecule has 0 radical (unpaired) electrons. The molecule has 5 nitrogen and oxygen atoms in total. The largest absolute Gasteiger partial charge is 0.451 e. The summed E-state index contributed by atoms with van der Waals surface area (Å²) in [6, 6.07) is 12.7. The van der Waals surface area contributed by atoms with Crippen molar-refractivity contribution in [2.24, 2.45) is 0 Å². The minimum atomic E-state index is -0.879. The molecule has 0 aliphatic heterocycles. The molecular formula is C21H17ClO5. The Morgan fingerprint density at radius 2 is 1.78 bits per heavy atom. The number of rotatable bonds is 5. The van der Waals surface area contributed by atoms with Crippen LogP contribution in [0.4, 0.5) is 0 Å². The number of fused-ring (bicyclic) bond motifs is 1. The molecule has 1 heterocycles. The third kappa shape index (κ3) is 4.26. The first-order valence-corrected chi connectivity index (χ1v) is 8.76. The highest BCUT2D eigenvalue weighted by Crippen LogP contribution is 2.18. The van der Waals surface area contributed by atoms with Crippen LogP contribution in [-0.4, -0.2) is 18.4 Å². The Bertz CT molecular complexity index is 1060. The Morgan fingerprint density at radius 1 is 1.07 bits per heavy atom. The molecular weight excluding hydrogens is 368 g/mol. The van der Waals surface area contributed by atoms with Crippen molar-refractivity contribution >= 4 is 34.3 Å². The van der Waals surface area contributed by atoms with Gasteiger partial charge in [-0.25, -0.2) is 4.79 Å². The van der Waals surface area contributed by atoms with E-state index < -0.39 is 18.0 Å². The molecule has 1 aromatic heterocycles. The summed E-state index contributed by atoms with van der Waals surface area (Å²) in [6.45, 7) is 3.68. The molecule has 0 saturated carbocycles. The fourth-order valence-corrected chi connectivity index (χ4v) is 2.74. The summed E-state index contributed by atoms with van der Waals surface area (Å²) in [5, 5.41) is 0.652. The average Bonchev–Trinajstić information content (AvgIpc) is 2.66. The van der Waals surface area contributed by atoms with Gasteiger partial charge in [-0.1, -0.05) is 49.7 Å². The lowest BCUT2D eigenvalue weighted by Crippen LogP contribution is -2.16. The predicted molar refractivity (Wildman–Crippen MR) is 103 cm³/mol. The van der Waals surface area contributed by atoms with Gasteiger partial charge >= 0.3 is 5.97 Å². The lowest BCUT2D eigenvalue weighted by molar-refractivity contribution is 0.0444. The normalized spacial score (nSPS) is 11.0. The van der Waals surface area contributed by atoms with Gasteiger partial charge in [0.05, 0.1) is 5.39 Å². The first-order valence-electron chi connectivity index (χ1n) is 8.39. The fourth-order valence-electron chi connectivity index (χ4n) is 2.57. The summed E-state index contributed by atoms with van der Waals surface area (Å²) in [5.41, 5.74) is 1.36. The summed E-state index contributed by atoms with van der Waals surface area (Å²) < 4.78 is 10.4. The molecule has 0 bridgehead atoms. The van der Waals surface area contributed by atoms with Gasteiger partial charge in [0, 0.05) is 16.7 Å². The van der Waals surface area contributed by atoms with Gasteiger partial charge in [-0.15, -0.1) is 0 Å². The Hall–Kier alpha value is -2.92. The third-order valence-electron chi connectivity index (χ3n) is 4.12. The molecule has 0 N–H and O–H groups in total. The molecule has 3 aromatic rings. The number of ether oxygens (including phenoxy) is 1. The van der Waals surface area contributed by atoms with Crippen molar-refractivity contribution in [2.45, 2.75) is 19.8 Å². The molecule has 0 aliphatic rings. The zero-order valence-electron chi connectivity index (χ0n) is 14.8. The van der Waals surface area contributed by atoms with Crippen LogP contribution in [0.15, 0.2) is 57.7 Å². The van der Waals surface area contributed by atoms with Crippen LogP contribution in [0.2, 0.25) is 5.02 Å². The minimum absolute atomic E-state index is 0.217. The van der Waals surface area contributed by atoms with Gasteiger partial charge in [0.15, 0.2) is 17.8 Å². The Balaban J connectivity index is 1.72. The van der Waals surface area contributed by atoms with Crippen LogP contribution in [0.25, 0.3) is 11.0 Å². The molecule has 0 fully saturated rings. The third-order valence-corrected chi connectivity index (χ3v) is 4.36. The minimum Gasteiger partial charge on any atom is -0.451 e. The molecule has 0 saturated heterocycles. The maximum atomic E-state index is 12.2. The standard InChI is InChI=1S/C21H17ClO5/c1-12(2)13-3-5-14(6-4-13)18(24)11-26-21(25)20-10-17(23)16-9-15(22)7-8-19(16)27-20/h3-10,12H,11H2,1-2H3. The highest BCUT2D eigenvalue weighted by molar-refractivity contribution is 6.31. The zero-order valence-corrected chi connectivity index (χ0v) is 15.6. The first-order chi connectivity index (χ1) is 12.8. The summed E-state index contributed by atoms with van der Waals surface area (Å²) in [6.07, 6.45) is 0. The molecule has 0 unspecified atom stereocenters. The van der Waals surface area contributed by atoms with E-state index in [0.717, 1.165) is 11.6 Å². The number of halogens is 1. The smallest absolute Gasteiger partial charge is 0.374 e. The Kier molecular flexibility index (Phi) is 5.42. The summed E-state index contributed by atoms with van der Waals surface area (Å²) >= 11 is 5.85. The number of hydrogen-bond acceptors (Lipinski definition) is 5. The number of benzene rings is 2. The van der Waals surface area contributed by atoms with Gasteiger partial charge in [0.1, 0.15) is 5.58 Å². The van der Waals surface area contributed by atoms with Gasteiger partial charge in [-0.05, 0) is 29.7 Å². The Labute approximate surface area is 160 Å². The number of hydrogen-bond donors (Lipinski definition) is 0. The molecule has 138 valence electrons. The fraction of sp³-hybridized carbons (Fsp3) is 0.190. The molecule has 0 spiro atoms. The molecule has 6 heteroatoms. The van der Waals surface area contributed by atoms with Crippen molar-refractivity contribution in [3.05, 3.63) is 80.7 Å². The number of Topliss-reactive ketones (excluding diaryl/α,β-unsaturated/α-hetero) is 1.